The summed E-state index contributed by atoms with van der Waals surface area (Å²) in [4.78, 5) is 16.6. The maximum absolute atomic E-state index is 13.7. The Morgan fingerprint density at radius 3 is 2.69 bits per heavy atom. The average Bonchev–Trinajstić information content (AvgIpc) is 3.21. The maximum Gasteiger partial charge on any atom is 0.284 e. The summed E-state index contributed by atoms with van der Waals surface area (Å²) in [5.74, 6) is -2.49. The van der Waals surface area contributed by atoms with Crippen LogP contribution in [0.4, 0.5) is 14.5 Å². The molecule has 0 saturated carbocycles. The molecule has 130 valence electrons. The molecular weight excluding hydrogens is 382 g/mol. The van der Waals surface area contributed by atoms with Crippen LogP contribution >= 0.6 is 22.9 Å². The lowest BCUT2D eigenvalue weighted by atomic mass is 10.2. The third kappa shape index (κ3) is 2.83. The van der Waals surface area contributed by atoms with E-state index in [9.17, 15) is 13.6 Å². The summed E-state index contributed by atoms with van der Waals surface area (Å²) in [5.41, 5.74) is 1.29. The molecular formula is C17H9ClF2N4OS. The van der Waals surface area contributed by atoms with Crippen molar-refractivity contribution in [2.45, 2.75) is 0 Å². The molecule has 0 spiro atoms. The number of hydrogen-bond donors (Lipinski definition) is 1. The van der Waals surface area contributed by atoms with Crippen LogP contribution in [-0.4, -0.2) is 20.5 Å². The fourth-order valence-electron chi connectivity index (χ4n) is 2.47. The first kappa shape index (κ1) is 16.6. The Morgan fingerprint density at radius 1 is 1.15 bits per heavy atom. The van der Waals surface area contributed by atoms with E-state index in [0.717, 1.165) is 29.0 Å². The van der Waals surface area contributed by atoms with Gasteiger partial charge in [0.2, 0.25) is 0 Å². The summed E-state index contributed by atoms with van der Waals surface area (Å²) in [6.45, 7) is 0. The minimum Gasteiger partial charge on any atom is -0.315 e. The monoisotopic (exact) mass is 390 g/mol. The summed E-state index contributed by atoms with van der Waals surface area (Å²) < 4.78 is 29.3. The van der Waals surface area contributed by atoms with Gasteiger partial charge in [-0.1, -0.05) is 35.1 Å². The number of amides is 1. The van der Waals surface area contributed by atoms with Crippen molar-refractivity contribution >= 4 is 40.0 Å². The van der Waals surface area contributed by atoms with Crippen LogP contribution in [0.3, 0.4) is 0 Å². The molecule has 3 aromatic heterocycles. The van der Waals surface area contributed by atoms with Crippen molar-refractivity contribution in [3.63, 3.8) is 0 Å². The van der Waals surface area contributed by atoms with Gasteiger partial charge in [-0.05, 0) is 24.3 Å². The van der Waals surface area contributed by atoms with Crippen molar-refractivity contribution in [3.05, 3.63) is 69.8 Å². The largest absolute Gasteiger partial charge is 0.315 e. The molecule has 1 aromatic carbocycles. The molecule has 0 atom stereocenters. The van der Waals surface area contributed by atoms with E-state index in [1.165, 1.54) is 6.07 Å². The van der Waals surface area contributed by atoms with E-state index in [1.54, 1.807) is 16.9 Å². The predicted octanol–water partition coefficient (Wildman–Crippen LogP) is 4.64. The van der Waals surface area contributed by atoms with Crippen LogP contribution in [0.1, 0.15) is 9.80 Å². The quantitative estimate of drug-likeness (QED) is 0.554. The Morgan fingerprint density at radius 2 is 1.92 bits per heavy atom. The molecule has 0 radical (unpaired) electrons. The first-order chi connectivity index (χ1) is 12.5. The number of anilines is 1. The van der Waals surface area contributed by atoms with Crippen LogP contribution < -0.4 is 5.32 Å². The van der Waals surface area contributed by atoms with Crippen molar-refractivity contribution in [1.82, 2.24) is 14.6 Å². The van der Waals surface area contributed by atoms with Gasteiger partial charge < -0.3 is 5.32 Å². The number of thiazole rings is 1. The predicted molar refractivity (Wildman–Crippen MR) is 95.6 cm³/mol. The van der Waals surface area contributed by atoms with Crippen LogP contribution in [0, 0.1) is 11.6 Å². The zero-order valence-electron chi connectivity index (χ0n) is 12.9. The normalized spacial score (nSPS) is 11.0. The molecule has 9 heteroatoms. The highest BCUT2D eigenvalue weighted by Crippen LogP contribution is 2.35. The van der Waals surface area contributed by atoms with E-state index in [1.807, 2.05) is 18.2 Å². The number of pyridine rings is 1. The Balaban J connectivity index is 1.69. The molecule has 1 amide bonds. The van der Waals surface area contributed by atoms with Gasteiger partial charge in [0.05, 0.1) is 11.7 Å². The zero-order valence-corrected chi connectivity index (χ0v) is 14.5. The van der Waals surface area contributed by atoms with Gasteiger partial charge in [-0.15, -0.1) is 0 Å². The molecule has 0 bridgehead atoms. The minimum absolute atomic E-state index is 0.0112. The molecule has 0 saturated heterocycles. The van der Waals surface area contributed by atoms with Crippen molar-refractivity contribution in [2.24, 2.45) is 0 Å². The van der Waals surface area contributed by atoms with E-state index >= 15 is 0 Å². The van der Waals surface area contributed by atoms with E-state index < -0.39 is 23.2 Å². The number of rotatable bonds is 3. The van der Waals surface area contributed by atoms with Crippen molar-refractivity contribution < 1.29 is 13.6 Å². The first-order valence-corrected chi connectivity index (χ1v) is 8.58. The molecule has 1 N–H and O–H groups in total. The van der Waals surface area contributed by atoms with Gasteiger partial charge in [-0.25, -0.2) is 18.3 Å². The fourth-order valence-corrected chi connectivity index (χ4v) is 3.53. The molecule has 0 fully saturated rings. The summed E-state index contributed by atoms with van der Waals surface area (Å²) >= 11 is 7.16. The topological polar surface area (TPSA) is 59.3 Å². The highest BCUT2D eigenvalue weighted by Gasteiger charge is 2.21. The lowest BCUT2D eigenvalue weighted by Crippen LogP contribution is -2.14. The van der Waals surface area contributed by atoms with Crippen LogP contribution in [0.2, 0.25) is 4.34 Å². The Kier molecular flexibility index (Phi) is 4.14. The molecule has 4 rings (SSSR count). The number of halogens is 3. The fraction of sp³-hybridized carbons (Fsp3) is 0. The number of nitrogens with zero attached hydrogens (tertiary/aromatic N) is 3. The number of nitrogens with one attached hydrogen (secondary N) is 1. The molecule has 0 aliphatic carbocycles. The van der Waals surface area contributed by atoms with E-state index in [4.69, 9.17) is 11.6 Å². The van der Waals surface area contributed by atoms with Crippen LogP contribution in [-0.2, 0) is 0 Å². The summed E-state index contributed by atoms with van der Waals surface area (Å²) in [7, 11) is 0. The number of hydrogen-bond acceptors (Lipinski definition) is 4. The van der Waals surface area contributed by atoms with Crippen LogP contribution in [0.5, 0.6) is 0 Å². The smallest absolute Gasteiger partial charge is 0.284 e. The highest BCUT2D eigenvalue weighted by molar-refractivity contribution is 7.18. The second-order valence-corrected chi connectivity index (χ2v) is 6.88. The molecule has 0 aliphatic heterocycles. The molecule has 0 unspecified atom stereocenters. The number of para-hydroxylation sites is 1. The molecule has 4 aromatic rings. The SMILES string of the molecule is O=C(Nc1c(F)cccc1F)c1nc(-c2cnn3ccccc23)c(Cl)s1. The Labute approximate surface area is 154 Å². The van der Waals surface area contributed by atoms with Gasteiger partial charge in [0.1, 0.15) is 27.4 Å². The lowest BCUT2D eigenvalue weighted by molar-refractivity contribution is 0.102. The minimum atomic E-state index is -0.871. The van der Waals surface area contributed by atoms with Gasteiger partial charge in [0.15, 0.2) is 5.01 Å². The summed E-state index contributed by atoms with van der Waals surface area (Å²) in [5, 5.41) is 6.39. The molecule has 26 heavy (non-hydrogen) atoms. The molecule has 5 nitrogen and oxygen atoms in total. The van der Waals surface area contributed by atoms with Crippen LogP contribution in [0.15, 0.2) is 48.8 Å². The van der Waals surface area contributed by atoms with Gasteiger partial charge in [0, 0.05) is 11.8 Å². The van der Waals surface area contributed by atoms with Gasteiger partial charge in [-0.2, -0.15) is 5.10 Å². The van der Waals surface area contributed by atoms with E-state index in [2.05, 4.69) is 15.4 Å². The third-order valence-corrected chi connectivity index (χ3v) is 4.92. The van der Waals surface area contributed by atoms with Gasteiger partial charge in [0.25, 0.3) is 5.91 Å². The average molecular weight is 391 g/mol. The van der Waals surface area contributed by atoms with E-state index in [-0.39, 0.29) is 9.34 Å². The second kappa shape index (κ2) is 6.47. The number of benzene rings is 1. The lowest BCUT2D eigenvalue weighted by Gasteiger charge is -2.05. The third-order valence-electron chi connectivity index (χ3n) is 3.66. The van der Waals surface area contributed by atoms with Crippen LogP contribution in [0.25, 0.3) is 16.8 Å². The molecule has 0 aliphatic rings. The Hall–Kier alpha value is -2.84. The van der Waals surface area contributed by atoms with Crippen molar-refractivity contribution in [1.29, 1.82) is 0 Å². The summed E-state index contributed by atoms with van der Waals surface area (Å²) in [6, 6.07) is 8.83. The number of carbonyl (C=O) groups excluding carboxylic acids is 1. The zero-order chi connectivity index (χ0) is 18.3. The molecule has 3 heterocycles. The Bertz CT molecular complexity index is 1120. The number of fused-ring (bicyclic) bond motifs is 1. The second-order valence-electron chi connectivity index (χ2n) is 5.28. The van der Waals surface area contributed by atoms with Crippen molar-refractivity contribution in [3.8, 4) is 11.3 Å². The summed E-state index contributed by atoms with van der Waals surface area (Å²) in [6.07, 6.45) is 3.36. The van der Waals surface area contributed by atoms with Gasteiger partial charge >= 0.3 is 0 Å². The maximum atomic E-state index is 13.7. The highest BCUT2D eigenvalue weighted by atomic mass is 35.5. The van der Waals surface area contributed by atoms with Gasteiger partial charge in [-0.3, -0.25) is 4.79 Å². The number of carbonyl (C=O) groups is 1. The standard InChI is InChI=1S/C17H9ClF2N4OS/c18-15-13(9-8-21-24-7-2-1-6-12(9)24)23-17(26-15)16(25)22-14-10(19)4-3-5-11(14)20/h1-8H,(H,22,25). The van der Waals surface area contributed by atoms with E-state index in [0.29, 0.717) is 11.3 Å². The van der Waals surface area contributed by atoms with Crippen molar-refractivity contribution in [2.75, 3.05) is 5.32 Å². The number of aromatic nitrogens is 3. The first-order valence-electron chi connectivity index (χ1n) is 7.39.